The summed E-state index contributed by atoms with van der Waals surface area (Å²) in [7, 11) is 0. The van der Waals surface area contributed by atoms with Crippen LogP contribution in [0.4, 0.5) is 10.5 Å². The summed E-state index contributed by atoms with van der Waals surface area (Å²) in [5, 5.41) is 5.68. The molecule has 0 spiro atoms. The van der Waals surface area contributed by atoms with Crippen molar-refractivity contribution in [3.63, 3.8) is 0 Å². The summed E-state index contributed by atoms with van der Waals surface area (Å²) in [4.78, 5) is 20.4. The number of carbonyl (C=O) groups excluding carboxylic acids is 1. The molecule has 0 unspecified atom stereocenters. The molecule has 2 heterocycles. The minimum Gasteiger partial charge on any atom is -0.441 e. The van der Waals surface area contributed by atoms with E-state index >= 15 is 0 Å². The van der Waals surface area contributed by atoms with Gasteiger partial charge in [0.2, 0.25) is 0 Å². The lowest BCUT2D eigenvalue weighted by molar-refractivity contribution is 0.252. The fraction of sp³-hybridized carbons (Fsp3) is 0.278. The van der Waals surface area contributed by atoms with Gasteiger partial charge in [-0.05, 0) is 48.7 Å². The molecule has 6 heteroatoms. The van der Waals surface area contributed by atoms with Gasteiger partial charge in [-0.15, -0.1) is 0 Å². The van der Waals surface area contributed by atoms with Crippen molar-refractivity contribution >= 4 is 22.8 Å². The number of hydrogen-bond acceptors (Lipinski definition) is 4. The molecule has 0 saturated heterocycles. The molecule has 0 atom stereocenters. The molecular formula is C18H20N4O2. The maximum Gasteiger partial charge on any atom is 0.319 e. The number of urea groups is 1. The molecule has 2 N–H and O–H groups in total. The van der Waals surface area contributed by atoms with E-state index in [9.17, 15) is 4.79 Å². The molecule has 24 heavy (non-hydrogen) atoms. The van der Waals surface area contributed by atoms with Gasteiger partial charge in [0, 0.05) is 31.0 Å². The monoisotopic (exact) mass is 324 g/mol. The maximum absolute atomic E-state index is 12.0. The van der Waals surface area contributed by atoms with Crippen LogP contribution in [0.15, 0.2) is 41.1 Å². The third-order valence-corrected chi connectivity index (χ3v) is 3.81. The maximum atomic E-state index is 12.0. The van der Waals surface area contributed by atoms with Crippen LogP contribution in [0.5, 0.6) is 0 Å². The van der Waals surface area contributed by atoms with Crippen LogP contribution in [-0.2, 0) is 12.8 Å². The number of amides is 2. The van der Waals surface area contributed by atoms with E-state index in [2.05, 4.69) is 20.6 Å². The number of nitrogens with zero attached hydrogens (tertiary/aromatic N) is 2. The van der Waals surface area contributed by atoms with Gasteiger partial charge >= 0.3 is 6.03 Å². The first-order valence-electron chi connectivity index (χ1n) is 7.99. The second kappa shape index (κ2) is 7.12. The van der Waals surface area contributed by atoms with E-state index in [-0.39, 0.29) is 6.03 Å². The molecule has 124 valence electrons. The molecule has 0 radical (unpaired) electrons. The second-order valence-corrected chi connectivity index (χ2v) is 5.58. The summed E-state index contributed by atoms with van der Waals surface area (Å²) in [6.45, 7) is 4.56. The lowest BCUT2D eigenvalue weighted by Crippen LogP contribution is -2.30. The largest absolute Gasteiger partial charge is 0.441 e. The number of carbonyl (C=O) groups is 1. The van der Waals surface area contributed by atoms with Crippen LogP contribution >= 0.6 is 0 Å². The Morgan fingerprint density at radius 1 is 1.29 bits per heavy atom. The molecule has 2 aromatic heterocycles. The van der Waals surface area contributed by atoms with Gasteiger partial charge < -0.3 is 15.1 Å². The number of anilines is 1. The number of rotatable bonds is 5. The van der Waals surface area contributed by atoms with Crippen molar-refractivity contribution < 1.29 is 9.21 Å². The third-order valence-electron chi connectivity index (χ3n) is 3.81. The van der Waals surface area contributed by atoms with Crippen molar-refractivity contribution in [2.45, 2.75) is 26.7 Å². The molecule has 0 aliphatic rings. The van der Waals surface area contributed by atoms with E-state index in [1.54, 1.807) is 12.3 Å². The highest BCUT2D eigenvalue weighted by molar-refractivity contribution is 5.91. The fourth-order valence-corrected chi connectivity index (χ4v) is 2.47. The van der Waals surface area contributed by atoms with Crippen molar-refractivity contribution in [1.82, 2.24) is 15.3 Å². The quantitative estimate of drug-likeness (QED) is 0.753. The van der Waals surface area contributed by atoms with Gasteiger partial charge in [-0.2, -0.15) is 0 Å². The first kappa shape index (κ1) is 16.0. The van der Waals surface area contributed by atoms with E-state index in [0.717, 1.165) is 29.5 Å². The van der Waals surface area contributed by atoms with Gasteiger partial charge in [0.1, 0.15) is 5.52 Å². The Bertz CT molecular complexity index is 857. The first-order chi connectivity index (χ1) is 11.7. The van der Waals surface area contributed by atoms with Crippen LogP contribution < -0.4 is 10.6 Å². The predicted molar refractivity (Wildman–Crippen MR) is 93.1 cm³/mol. The highest BCUT2D eigenvalue weighted by Gasteiger charge is 2.07. The SMILES string of the molecule is CCc1nc2cc(NC(=O)NCCc3ccncc3C)ccc2o1. The summed E-state index contributed by atoms with van der Waals surface area (Å²) in [6, 6.07) is 7.17. The van der Waals surface area contributed by atoms with Crippen LogP contribution in [0.25, 0.3) is 11.1 Å². The molecule has 0 bridgehead atoms. The summed E-state index contributed by atoms with van der Waals surface area (Å²) in [5.74, 6) is 0.694. The minimum absolute atomic E-state index is 0.236. The molecule has 0 saturated carbocycles. The Balaban J connectivity index is 1.55. The van der Waals surface area contributed by atoms with Gasteiger partial charge in [-0.3, -0.25) is 4.98 Å². The second-order valence-electron chi connectivity index (χ2n) is 5.58. The van der Waals surface area contributed by atoms with E-state index in [1.807, 2.05) is 38.2 Å². The van der Waals surface area contributed by atoms with E-state index in [1.165, 1.54) is 5.56 Å². The van der Waals surface area contributed by atoms with Crippen molar-refractivity contribution in [1.29, 1.82) is 0 Å². The van der Waals surface area contributed by atoms with Gasteiger partial charge in [-0.25, -0.2) is 9.78 Å². The number of aromatic nitrogens is 2. The number of fused-ring (bicyclic) bond motifs is 1. The Labute approximate surface area is 140 Å². The van der Waals surface area contributed by atoms with E-state index in [0.29, 0.717) is 18.1 Å². The van der Waals surface area contributed by atoms with Crippen LogP contribution in [-0.4, -0.2) is 22.5 Å². The molecule has 0 aliphatic carbocycles. The smallest absolute Gasteiger partial charge is 0.319 e. The number of hydrogen-bond donors (Lipinski definition) is 2. The standard InChI is InChI=1S/C18H20N4O2/c1-3-17-22-15-10-14(4-5-16(15)24-17)21-18(23)20-9-7-13-6-8-19-11-12(13)2/h4-6,8,10-11H,3,7,9H2,1-2H3,(H2,20,21,23). The van der Waals surface area contributed by atoms with Crippen LogP contribution in [0, 0.1) is 6.92 Å². The van der Waals surface area contributed by atoms with Crippen LogP contribution in [0.1, 0.15) is 23.9 Å². The zero-order valence-corrected chi connectivity index (χ0v) is 13.8. The van der Waals surface area contributed by atoms with Crippen molar-refractivity contribution in [3.05, 3.63) is 53.7 Å². The third kappa shape index (κ3) is 3.71. The van der Waals surface area contributed by atoms with Gasteiger partial charge in [0.15, 0.2) is 11.5 Å². The average Bonchev–Trinajstić information content (AvgIpc) is 2.99. The lowest BCUT2D eigenvalue weighted by Gasteiger charge is -2.08. The van der Waals surface area contributed by atoms with Gasteiger partial charge in [0.25, 0.3) is 0 Å². The Morgan fingerprint density at radius 3 is 2.96 bits per heavy atom. The Kier molecular flexibility index (Phi) is 4.74. The highest BCUT2D eigenvalue weighted by Crippen LogP contribution is 2.20. The molecule has 6 nitrogen and oxygen atoms in total. The van der Waals surface area contributed by atoms with Gasteiger partial charge in [0.05, 0.1) is 0 Å². The minimum atomic E-state index is -0.236. The zero-order valence-electron chi connectivity index (χ0n) is 13.8. The van der Waals surface area contributed by atoms with Crippen LogP contribution in [0.3, 0.4) is 0 Å². The highest BCUT2D eigenvalue weighted by atomic mass is 16.3. The summed E-state index contributed by atoms with van der Waals surface area (Å²) >= 11 is 0. The molecule has 0 aliphatic heterocycles. The Morgan fingerprint density at radius 2 is 2.17 bits per heavy atom. The topological polar surface area (TPSA) is 80.0 Å². The Hall–Kier alpha value is -2.89. The van der Waals surface area contributed by atoms with Gasteiger partial charge in [-0.1, -0.05) is 6.92 Å². The number of benzene rings is 1. The summed E-state index contributed by atoms with van der Waals surface area (Å²) < 4.78 is 5.56. The van der Waals surface area contributed by atoms with Crippen LogP contribution in [0.2, 0.25) is 0 Å². The normalized spacial score (nSPS) is 10.8. The molecule has 0 fully saturated rings. The lowest BCUT2D eigenvalue weighted by atomic mass is 10.1. The molecule has 2 amide bonds. The number of aryl methyl sites for hydroxylation is 2. The van der Waals surface area contributed by atoms with Crippen molar-refractivity contribution in [3.8, 4) is 0 Å². The van der Waals surface area contributed by atoms with Crippen molar-refractivity contribution in [2.24, 2.45) is 0 Å². The number of oxazole rings is 1. The fourth-order valence-electron chi connectivity index (χ4n) is 2.47. The van der Waals surface area contributed by atoms with Crippen molar-refractivity contribution in [2.75, 3.05) is 11.9 Å². The molecular weight excluding hydrogens is 304 g/mol. The zero-order chi connectivity index (χ0) is 16.9. The summed E-state index contributed by atoms with van der Waals surface area (Å²) in [5.41, 5.74) is 4.48. The predicted octanol–water partition coefficient (Wildman–Crippen LogP) is 3.46. The average molecular weight is 324 g/mol. The van der Waals surface area contributed by atoms with E-state index < -0.39 is 0 Å². The first-order valence-corrected chi connectivity index (χ1v) is 7.99. The van der Waals surface area contributed by atoms with E-state index in [4.69, 9.17) is 4.42 Å². The molecule has 3 aromatic rings. The summed E-state index contributed by atoms with van der Waals surface area (Å²) in [6.07, 6.45) is 5.10. The molecule has 3 rings (SSSR count). The molecule has 1 aromatic carbocycles. The number of nitrogens with one attached hydrogen (secondary N) is 2. The number of pyridine rings is 1.